The molecule has 0 spiro atoms. The first-order valence-corrected chi connectivity index (χ1v) is 8.09. The maximum Gasteiger partial charge on any atom is 0.0441 e. The van der Waals surface area contributed by atoms with Gasteiger partial charge in [-0.1, -0.05) is 0 Å². The lowest BCUT2D eigenvalue weighted by Gasteiger charge is -2.15. The summed E-state index contributed by atoms with van der Waals surface area (Å²) in [5.41, 5.74) is 0. The van der Waals surface area contributed by atoms with E-state index in [0.29, 0.717) is 6.04 Å². The Hall–Kier alpha value is 0.290. The van der Waals surface area contributed by atoms with Crippen molar-refractivity contribution in [2.45, 2.75) is 25.1 Å². The van der Waals surface area contributed by atoms with E-state index in [-0.39, 0.29) is 5.25 Å². The van der Waals surface area contributed by atoms with Crippen molar-refractivity contribution in [3.8, 4) is 0 Å². The first-order valence-electron chi connectivity index (χ1n) is 4.80. The van der Waals surface area contributed by atoms with Crippen LogP contribution in [0.25, 0.3) is 0 Å². The molecule has 0 amide bonds. The van der Waals surface area contributed by atoms with Crippen molar-refractivity contribution in [1.29, 1.82) is 0 Å². The molecule has 0 fully saturated rings. The van der Waals surface area contributed by atoms with Crippen LogP contribution in [0.2, 0.25) is 0 Å². The smallest absolute Gasteiger partial charge is 0.0441 e. The third kappa shape index (κ3) is 4.34. The van der Waals surface area contributed by atoms with Crippen LogP contribution in [0.3, 0.4) is 0 Å². The van der Waals surface area contributed by atoms with E-state index in [1.807, 2.05) is 6.92 Å². The van der Waals surface area contributed by atoms with Crippen LogP contribution in [-0.2, 0) is 10.8 Å². The topological polar surface area (TPSA) is 29.1 Å². The van der Waals surface area contributed by atoms with Gasteiger partial charge in [0, 0.05) is 49.6 Å². The number of thiophene rings is 1. The second kappa shape index (κ2) is 6.13. The van der Waals surface area contributed by atoms with Gasteiger partial charge in [-0.25, -0.2) is 0 Å². The summed E-state index contributed by atoms with van der Waals surface area (Å²) >= 11 is 5.17. The zero-order valence-corrected chi connectivity index (χ0v) is 12.3. The van der Waals surface area contributed by atoms with Gasteiger partial charge in [0.05, 0.1) is 0 Å². The predicted molar refractivity (Wildman–Crippen MR) is 72.0 cm³/mol. The van der Waals surface area contributed by atoms with Crippen LogP contribution in [0.1, 0.15) is 24.8 Å². The molecule has 3 unspecified atom stereocenters. The lowest BCUT2D eigenvalue weighted by atomic mass is 10.2. The molecule has 0 bridgehead atoms. The largest absolute Gasteiger partial charge is 0.308 e. The van der Waals surface area contributed by atoms with Crippen molar-refractivity contribution in [3.63, 3.8) is 0 Å². The third-order valence-corrected chi connectivity index (χ3v) is 5.47. The Balaban J connectivity index is 2.43. The molecule has 0 aliphatic carbocycles. The van der Waals surface area contributed by atoms with Gasteiger partial charge in [0.25, 0.3) is 0 Å². The van der Waals surface area contributed by atoms with E-state index in [9.17, 15) is 4.21 Å². The van der Waals surface area contributed by atoms with E-state index >= 15 is 0 Å². The lowest BCUT2D eigenvalue weighted by Crippen LogP contribution is -2.29. The zero-order chi connectivity index (χ0) is 11.4. The Labute approximate surface area is 106 Å². The molecule has 1 heterocycles. The highest BCUT2D eigenvalue weighted by molar-refractivity contribution is 9.10. The maximum atomic E-state index is 11.2. The number of rotatable bonds is 5. The van der Waals surface area contributed by atoms with Crippen LogP contribution >= 0.6 is 27.3 Å². The normalized spacial score (nSPS) is 17.3. The summed E-state index contributed by atoms with van der Waals surface area (Å²) in [4.78, 5) is 1.30. The molecule has 0 aliphatic rings. The van der Waals surface area contributed by atoms with E-state index in [1.54, 1.807) is 17.6 Å². The molecule has 0 aromatic carbocycles. The highest BCUT2D eigenvalue weighted by Gasteiger charge is 2.11. The van der Waals surface area contributed by atoms with Crippen LogP contribution < -0.4 is 5.32 Å². The zero-order valence-electron chi connectivity index (χ0n) is 9.12. The van der Waals surface area contributed by atoms with Crippen LogP contribution in [0.5, 0.6) is 0 Å². The fourth-order valence-electron chi connectivity index (χ4n) is 1.12. The van der Waals surface area contributed by atoms with Gasteiger partial charge in [0.1, 0.15) is 0 Å². The lowest BCUT2D eigenvalue weighted by molar-refractivity contribution is 0.576. The molecule has 1 aromatic rings. The Kier molecular flexibility index (Phi) is 5.46. The Morgan fingerprint density at radius 2 is 2.27 bits per heavy atom. The molecule has 15 heavy (non-hydrogen) atoms. The molecular formula is C10H16BrNOS2. The van der Waals surface area contributed by atoms with Gasteiger partial charge in [-0.15, -0.1) is 11.3 Å². The molecule has 0 saturated heterocycles. The molecule has 1 N–H and O–H groups in total. The van der Waals surface area contributed by atoms with Crippen LogP contribution in [0.15, 0.2) is 15.9 Å². The molecule has 86 valence electrons. The summed E-state index contributed by atoms with van der Waals surface area (Å²) in [7, 11) is -0.746. The van der Waals surface area contributed by atoms with Gasteiger partial charge < -0.3 is 5.32 Å². The monoisotopic (exact) mass is 309 g/mol. The molecule has 1 aromatic heterocycles. The molecule has 1 rings (SSSR count). The first-order chi connectivity index (χ1) is 7.00. The number of hydrogen-bond donors (Lipinski definition) is 1. The summed E-state index contributed by atoms with van der Waals surface area (Å²) in [6, 6.07) is 2.45. The van der Waals surface area contributed by atoms with Gasteiger partial charge in [-0.3, -0.25) is 4.21 Å². The van der Waals surface area contributed by atoms with Crippen molar-refractivity contribution >= 4 is 38.1 Å². The Morgan fingerprint density at radius 3 is 2.73 bits per heavy atom. The molecule has 2 nitrogen and oxygen atoms in total. The second-order valence-electron chi connectivity index (χ2n) is 3.61. The predicted octanol–water partition coefficient (Wildman–Crippen LogP) is 2.93. The van der Waals surface area contributed by atoms with E-state index in [4.69, 9.17) is 0 Å². The van der Waals surface area contributed by atoms with E-state index in [2.05, 4.69) is 39.6 Å². The highest BCUT2D eigenvalue weighted by Crippen LogP contribution is 2.25. The molecule has 0 saturated carbocycles. The first kappa shape index (κ1) is 13.4. The van der Waals surface area contributed by atoms with Gasteiger partial charge in [-0.2, -0.15) is 0 Å². The molecule has 0 aliphatic heterocycles. The highest BCUT2D eigenvalue weighted by atomic mass is 79.9. The molecule has 5 heteroatoms. The Bertz CT molecular complexity index is 340. The van der Waals surface area contributed by atoms with E-state index < -0.39 is 10.8 Å². The van der Waals surface area contributed by atoms with Gasteiger partial charge in [0.2, 0.25) is 0 Å². The number of nitrogens with one attached hydrogen (secondary N) is 1. The average molecular weight is 310 g/mol. The Morgan fingerprint density at radius 1 is 1.60 bits per heavy atom. The molecule has 3 atom stereocenters. The van der Waals surface area contributed by atoms with Gasteiger partial charge in [0.15, 0.2) is 0 Å². The van der Waals surface area contributed by atoms with E-state index in [1.165, 1.54) is 4.88 Å². The number of hydrogen-bond acceptors (Lipinski definition) is 3. The standard InChI is InChI=1S/C10H16BrNOS2/c1-7(15(3)13)5-12-8(2)10-4-9(11)6-14-10/h4,6-8,12H,5H2,1-3H3. The van der Waals surface area contributed by atoms with Crippen molar-refractivity contribution < 1.29 is 4.21 Å². The summed E-state index contributed by atoms with van der Waals surface area (Å²) in [5, 5.41) is 5.67. The summed E-state index contributed by atoms with van der Waals surface area (Å²) in [5.74, 6) is 0. The summed E-state index contributed by atoms with van der Waals surface area (Å²) < 4.78 is 12.3. The third-order valence-electron chi connectivity index (χ3n) is 2.29. The van der Waals surface area contributed by atoms with Crippen molar-refractivity contribution in [1.82, 2.24) is 5.32 Å². The fraction of sp³-hybridized carbons (Fsp3) is 0.600. The minimum absolute atomic E-state index is 0.204. The van der Waals surface area contributed by atoms with Crippen LogP contribution in [0, 0.1) is 0 Å². The quantitative estimate of drug-likeness (QED) is 0.906. The fourth-order valence-corrected chi connectivity index (χ4v) is 2.92. The minimum Gasteiger partial charge on any atom is -0.308 e. The second-order valence-corrected chi connectivity index (χ2v) is 7.27. The van der Waals surface area contributed by atoms with Crippen molar-refractivity contribution in [2.24, 2.45) is 0 Å². The van der Waals surface area contributed by atoms with Gasteiger partial charge >= 0.3 is 0 Å². The maximum absolute atomic E-state index is 11.2. The van der Waals surface area contributed by atoms with Crippen molar-refractivity contribution in [2.75, 3.05) is 12.8 Å². The average Bonchev–Trinajstić information content (AvgIpc) is 2.60. The van der Waals surface area contributed by atoms with Crippen LogP contribution in [-0.4, -0.2) is 22.3 Å². The molecule has 0 radical (unpaired) electrons. The minimum atomic E-state index is -0.746. The van der Waals surface area contributed by atoms with Crippen molar-refractivity contribution in [3.05, 3.63) is 20.8 Å². The number of halogens is 1. The molecular weight excluding hydrogens is 294 g/mol. The van der Waals surface area contributed by atoms with Crippen LogP contribution in [0.4, 0.5) is 0 Å². The SMILES string of the molecule is CC(NCC(C)S(C)=O)c1cc(Br)cs1. The summed E-state index contributed by atoms with van der Waals surface area (Å²) in [6.07, 6.45) is 1.75. The summed E-state index contributed by atoms with van der Waals surface area (Å²) in [6.45, 7) is 4.92. The van der Waals surface area contributed by atoms with E-state index in [0.717, 1.165) is 11.0 Å². The van der Waals surface area contributed by atoms with Gasteiger partial charge in [-0.05, 0) is 35.8 Å².